The summed E-state index contributed by atoms with van der Waals surface area (Å²) in [6.07, 6.45) is 5.17. The molecule has 0 bridgehead atoms. The van der Waals surface area contributed by atoms with Gasteiger partial charge in [0, 0.05) is 12.6 Å². The van der Waals surface area contributed by atoms with Gasteiger partial charge in [0.15, 0.2) is 0 Å². The molecule has 1 saturated carbocycles. The van der Waals surface area contributed by atoms with Gasteiger partial charge in [0.05, 0.1) is 5.60 Å². The van der Waals surface area contributed by atoms with Crippen LogP contribution in [-0.2, 0) is 0 Å². The maximum Gasteiger partial charge on any atom is 0.134 e. The SMILES string of the molecule is CC1(C)CCC(O)(CNc2cc(Cl)ncn2)CC1. The Kier molecular flexibility index (Phi) is 3.78. The predicted octanol–water partition coefficient (Wildman–Crippen LogP) is 2.87. The van der Waals surface area contributed by atoms with Crippen molar-refractivity contribution in [2.45, 2.75) is 45.1 Å². The molecule has 0 radical (unpaired) electrons. The molecule has 0 spiro atoms. The highest BCUT2D eigenvalue weighted by Gasteiger charge is 2.36. The first-order valence-corrected chi connectivity index (χ1v) is 6.70. The van der Waals surface area contributed by atoms with Gasteiger partial charge in [-0.3, -0.25) is 0 Å². The Balaban J connectivity index is 1.90. The molecule has 0 aromatic carbocycles. The molecule has 1 aromatic rings. The summed E-state index contributed by atoms with van der Waals surface area (Å²) in [5, 5.41) is 14.0. The minimum atomic E-state index is -0.632. The highest BCUT2D eigenvalue weighted by molar-refractivity contribution is 6.29. The van der Waals surface area contributed by atoms with Gasteiger partial charge in [-0.15, -0.1) is 0 Å². The number of aromatic nitrogens is 2. The van der Waals surface area contributed by atoms with Crippen molar-refractivity contribution >= 4 is 17.4 Å². The molecule has 0 aliphatic heterocycles. The number of hydrogen-bond donors (Lipinski definition) is 2. The quantitative estimate of drug-likeness (QED) is 0.829. The lowest BCUT2D eigenvalue weighted by molar-refractivity contribution is -0.0145. The Bertz CT molecular complexity index is 412. The Morgan fingerprint density at radius 3 is 2.56 bits per heavy atom. The van der Waals surface area contributed by atoms with Crippen molar-refractivity contribution in [3.05, 3.63) is 17.5 Å². The molecule has 0 amide bonds. The van der Waals surface area contributed by atoms with Crippen molar-refractivity contribution in [1.29, 1.82) is 0 Å². The third kappa shape index (κ3) is 3.56. The van der Waals surface area contributed by atoms with Gasteiger partial charge in [0.2, 0.25) is 0 Å². The second kappa shape index (κ2) is 5.02. The van der Waals surface area contributed by atoms with E-state index in [1.165, 1.54) is 6.33 Å². The fraction of sp³-hybridized carbons (Fsp3) is 0.692. The van der Waals surface area contributed by atoms with Crippen LogP contribution in [0.4, 0.5) is 5.82 Å². The minimum absolute atomic E-state index is 0.352. The van der Waals surface area contributed by atoms with Crippen LogP contribution in [0, 0.1) is 5.41 Å². The van der Waals surface area contributed by atoms with E-state index >= 15 is 0 Å². The van der Waals surface area contributed by atoms with Crippen molar-refractivity contribution in [3.8, 4) is 0 Å². The van der Waals surface area contributed by atoms with Crippen LogP contribution >= 0.6 is 11.6 Å². The number of nitrogens with one attached hydrogen (secondary N) is 1. The monoisotopic (exact) mass is 269 g/mol. The van der Waals surface area contributed by atoms with E-state index in [4.69, 9.17) is 11.6 Å². The third-order valence-electron chi connectivity index (χ3n) is 3.77. The molecule has 1 aliphatic carbocycles. The molecular formula is C13H20ClN3O. The largest absolute Gasteiger partial charge is 0.388 e. The summed E-state index contributed by atoms with van der Waals surface area (Å²) < 4.78 is 0. The zero-order chi connectivity index (χ0) is 13.2. The summed E-state index contributed by atoms with van der Waals surface area (Å²) >= 11 is 5.78. The van der Waals surface area contributed by atoms with E-state index in [-0.39, 0.29) is 0 Å². The molecule has 1 aromatic heterocycles. The lowest BCUT2D eigenvalue weighted by Gasteiger charge is -2.40. The first kappa shape index (κ1) is 13.6. The Morgan fingerprint density at radius 1 is 1.28 bits per heavy atom. The van der Waals surface area contributed by atoms with E-state index in [0.29, 0.717) is 22.9 Å². The van der Waals surface area contributed by atoms with Gasteiger partial charge in [-0.25, -0.2) is 9.97 Å². The summed E-state index contributed by atoms with van der Waals surface area (Å²) in [7, 11) is 0. The zero-order valence-corrected chi connectivity index (χ0v) is 11.7. The summed E-state index contributed by atoms with van der Waals surface area (Å²) in [6.45, 7) is 5.02. The first-order valence-electron chi connectivity index (χ1n) is 6.32. The van der Waals surface area contributed by atoms with E-state index in [2.05, 4.69) is 29.1 Å². The number of halogens is 1. The van der Waals surface area contributed by atoms with Gasteiger partial charge in [-0.2, -0.15) is 0 Å². The molecule has 1 heterocycles. The van der Waals surface area contributed by atoms with Crippen molar-refractivity contribution in [1.82, 2.24) is 9.97 Å². The summed E-state index contributed by atoms with van der Waals surface area (Å²) in [5.41, 5.74) is -0.280. The van der Waals surface area contributed by atoms with E-state index < -0.39 is 5.60 Å². The van der Waals surface area contributed by atoms with Crippen molar-refractivity contribution in [3.63, 3.8) is 0 Å². The molecule has 1 aliphatic rings. The number of aliphatic hydroxyl groups is 1. The van der Waals surface area contributed by atoms with Crippen LogP contribution in [0.2, 0.25) is 5.15 Å². The predicted molar refractivity (Wildman–Crippen MR) is 72.7 cm³/mol. The molecule has 1 fully saturated rings. The molecule has 2 rings (SSSR count). The molecule has 0 atom stereocenters. The maximum atomic E-state index is 10.5. The average molecular weight is 270 g/mol. The number of hydrogen-bond acceptors (Lipinski definition) is 4. The van der Waals surface area contributed by atoms with E-state index in [1.54, 1.807) is 6.07 Å². The van der Waals surface area contributed by atoms with Crippen molar-refractivity contribution in [2.24, 2.45) is 5.41 Å². The molecule has 18 heavy (non-hydrogen) atoms. The summed E-state index contributed by atoms with van der Waals surface area (Å²) in [5.74, 6) is 0.660. The van der Waals surface area contributed by atoms with Gasteiger partial charge in [-0.05, 0) is 31.1 Å². The van der Waals surface area contributed by atoms with E-state index in [1.807, 2.05) is 0 Å². The normalized spacial score (nSPS) is 21.6. The Morgan fingerprint density at radius 2 is 1.94 bits per heavy atom. The zero-order valence-electron chi connectivity index (χ0n) is 10.9. The van der Waals surface area contributed by atoms with Crippen molar-refractivity contribution in [2.75, 3.05) is 11.9 Å². The van der Waals surface area contributed by atoms with Crippen LogP contribution in [0.15, 0.2) is 12.4 Å². The second-order valence-corrected chi connectivity index (χ2v) is 6.36. The Labute approximate surface area is 113 Å². The minimum Gasteiger partial charge on any atom is -0.388 e. The summed E-state index contributed by atoms with van der Waals surface area (Å²) in [4.78, 5) is 7.89. The van der Waals surface area contributed by atoms with Crippen molar-refractivity contribution < 1.29 is 5.11 Å². The highest BCUT2D eigenvalue weighted by atomic mass is 35.5. The van der Waals surface area contributed by atoms with E-state index in [9.17, 15) is 5.11 Å². The fourth-order valence-corrected chi connectivity index (χ4v) is 2.40. The summed E-state index contributed by atoms with van der Waals surface area (Å²) in [6, 6.07) is 1.66. The van der Waals surface area contributed by atoms with Gasteiger partial charge >= 0.3 is 0 Å². The van der Waals surface area contributed by atoms with Gasteiger partial charge in [-0.1, -0.05) is 25.4 Å². The van der Waals surface area contributed by atoms with Crippen LogP contribution in [0.25, 0.3) is 0 Å². The second-order valence-electron chi connectivity index (χ2n) is 5.97. The lowest BCUT2D eigenvalue weighted by atomic mass is 9.71. The number of anilines is 1. The van der Waals surface area contributed by atoms with Crippen LogP contribution < -0.4 is 5.32 Å². The smallest absolute Gasteiger partial charge is 0.134 e. The van der Waals surface area contributed by atoms with Gasteiger partial charge in [0.1, 0.15) is 17.3 Å². The standard InChI is InChI=1S/C13H20ClN3O/c1-12(2)3-5-13(18,6-4-12)8-15-11-7-10(14)16-9-17-11/h7,9,18H,3-6,8H2,1-2H3,(H,15,16,17). The molecule has 100 valence electrons. The molecule has 0 unspecified atom stereocenters. The average Bonchev–Trinajstić information content (AvgIpc) is 2.32. The van der Waals surface area contributed by atoms with Crippen LogP contribution in [0.3, 0.4) is 0 Å². The third-order valence-corrected chi connectivity index (χ3v) is 3.97. The Hall–Kier alpha value is -0.870. The van der Waals surface area contributed by atoms with E-state index in [0.717, 1.165) is 25.7 Å². The highest BCUT2D eigenvalue weighted by Crippen LogP contribution is 2.40. The van der Waals surface area contributed by atoms with Gasteiger partial charge < -0.3 is 10.4 Å². The number of nitrogens with zero attached hydrogens (tertiary/aromatic N) is 2. The molecule has 5 heteroatoms. The number of rotatable bonds is 3. The maximum absolute atomic E-state index is 10.5. The van der Waals surface area contributed by atoms with Crippen LogP contribution in [0.1, 0.15) is 39.5 Å². The van der Waals surface area contributed by atoms with Gasteiger partial charge in [0.25, 0.3) is 0 Å². The fourth-order valence-electron chi connectivity index (χ4n) is 2.25. The molecule has 0 saturated heterocycles. The molecular weight excluding hydrogens is 250 g/mol. The van der Waals surface area contributed by atoms with Crippen LogP contribution in [-0.4, -0.2) is 27.2 Å². The molecule has 4 nitrogen and oxygen atoms in total. The topological polar surface area (TPSA) is 58.0 Å². The van der Waals surface area contributed by atoms with Crippen LogP contribution in [0.5, 0.6) is 0 Å². The first-order chi connectivity index (χ1) is 8.39. The lowest BCUT2D eigenvalue weighted by Crippen LogP contribution is -2.42. The molecule has 2 N–H and O–H groups in total.